The summed E-state index contributed by atoms with van der Waals surface area (Å²) in [5.41, 5.74) is 1.26. The topological polar surface area (TPSA) is 35.6 Å². The van der Waals surface area contributed by atoms with E-state index in [1.165, 1.54) is 5.69 Å². The van der Waals surface area contributed by atoms with E-state index in [2.05, 4.69) is 53.8 Å². The molecule has 4 nitrogen and oxygen atoms in total. The molecule has 2 aromatic rings. The van der Waals surface area contributed by atoms with Crippen molar-refractivity contribution in [2.24, 2.45) is 14.1 Å². The molecule has 0 aliphatic heterocycles. The maximum atomic E-state index is 4.59. The predicted molar refractivity (Wildman–Crippen MR) is 77.2 cm³/mol. The van der Waals surface area contributed by atoms with Crippen LogP contribution in [0.2, 0.25) is 0 Å². The Morgan fingerprint density at radius 1 is 1.21 bits per heavy atom. The molecule has 0 spiro atoms. The quantitative estimate of drug-likeness (QED) is 0.847. The van der Waals surface area contributed by atoms with Crippen LogP contribution in [-0.2, 0) is 25.9 Å². The number of nitrogens with zero attached hydrogens (tertiary/aromatic N) is 4. The zero-order chi connectivity index (χ0) is 14.2. The predicted octanol–water partition coefficient (Wildman–Crippen LogP) is 2.80. The minimum atomic E-state index is -0.0222. The standard InChI is InChI=1S/C15H24N4/c1-11(2)12-10-17-13(19(12)6)9-15(3,4)14-16-7-8-18(14)5/h7-8,10-11H,9H2,1-6H3. The molecule has 0 aliphatic rings. The first-order valence-corrected chi connectivity index (χ1v) is 6.81. The van der Waals surface area contributed by atoms with E-state index in [1.807, 2.05) is 25.6 Å². The van der Waals surface area contributed by atoms with Gasteiger partial charge in [-0.15, -0.1) is 0 Å². The van der Waals surface area contributed by atoms with Gasteiger partial charge in [-0.1, -0.05) is 27.7 Å². The van der Waals surface area contributed by atoms with Crippen LogP contribution in [0.3, 0.4) is 0 Å². The maximum absolute atomic E-state index is 4.59. The number of hydrogen-bond donors (Lipinski definition) is 0. The van der Waals surface area contributed by atoms with Crippen LogP contribution < -0.4 is 0 Å². The summed E-state index contributed by atoms with van der Waals surface area (Å²) in [5, 5.41) is 0. The molecular formula is C15H24N4. The first-order valence-electron chi connectivity index (χ1n) is 6.81. The van der Waals surface area contributed by atoms with Gasteiger partial charge in [-0.25, -0.2) is 9.97 Å². The molecule has 2 aromatic heterocycles. The Labute approximate surface area is 115 Å². The normalized spacial score (nSPS) is 12.4. The fourth-order valence-electron chi connectivity index (χ4n) is 2.66. The second-order valence-corrected chi connectivity index (χ2v) is 6.24. The molecule has 0 aromatic carbocycles. The van der Waals surface area contributed by atoms with E-state index in [0.29, 0.717) is 5.92 Å². The largest absolute Gasteiger partial charge is 0.338 e. The van der Waals surface area contributed by atoms with E-state index in [0.717, 1.165) is 18.1 Å². The molecule has 0 aliphatic carbocycles. The summed E-state index contributed by atoms with van der Waals surface area (Å²) >= 11 is 0. The summed E-state index contributed by atoms with van der Waals surface area (Å²) < 4.78 is 4.31. The van der Waals surface area contributed by atoms with Gasteiger partial charge in [0.05, 0.1) is 0 Å². The third-order valence-electron chi connectivity index (χ3n) is 3.74. The van der Waals surface area contributed by atoms with Gasteiger partial charge >= 0.3 is 0 Å². The van der Waals surface area contributed by atoms with E-state index >= 15 is 0 Å². The third-order valence-corrected chi connectivity index (χ3v) is 3.74. The molecule has 2 heterocycles. The highest BCUT2D eigenvalue weighted by molar-refractivity contribution is 5.15. The first kappa shape index (κ1) is 13.8. The summed E-state index contributed by atoms with van der Waals surface area (Å²) in [6.07, 6.45) is 6.74. The van der Waals surface area contributed by atoms with Gasteiger partial charge < -0.3 is 9.13 Å². The Morgan fingerprint density at radius 2 is 1.89 bits per heavy atom. The Balaban J connectivity index is 2.28. The van der Waals surface area contributed by atoms with Crippen molar-refractivity contribution in [3.8, 4) is 0 Å². The SMILES string of the molecule is CC(C)c1cnc(CC(C)(C)c2nccn2C)n1C. The molecule has 0 saturated heterocycles. The van der Waals surface area contributed by atoms with Crippen molar-refractivity contribution in [1.29, 1.82) is 0 Å². The summed E-state index contributed by atoms with van der Waals surface area (Å²) in [4.78, 5) is 9.07. The number of aryl methyl sites for hydroxylation is 1. The van der Waals surface area contributed by atoms with Gasteiger partial charge in [0.25, 0.3) is 0 Å². The van der Waals surface area contributed by atoms with Crippen LogP contribution >= 0.6 is 0 Å². The molecule has 0 saturated carbocycles. The van der Waals surface area contributed by atoms with Crippen LogP contribution in [0.5, 0.6) is 0 Å². The minimum absolute atomic E-state index is 0.0222. The molecule has 2 rings (SSSR count). The van der Waals surface area contributed by atoms with Gasteiger partial charge in [-0.2, -0.15) is 0 Å². The van der Waals surface area contributed by atoms with Crippen molar-refractivity contribution in [3.05, 3.63) is 35.9 Å². The lowest BCUT2D eigenvalue weighted by atomic mass is 9.88. The van der Waals surface area contributed by atoms with E-state index in [4.69, 9.17) is 0 Å². The molecule has 0 radical (unpaired) electrons. The summed E-state index contributed by atoms with van der Waals surface area (Å²) in [6.45, 7) is 8.84. The van der Waals surface area contributed by atoms with Gasteiger partial charge in [0.15, 0.2) is 0 Å². The number of imidazole rings is 2. The van der Waals surface area contributed by atoms with Crippen LogP contribution in [0.1, 0.15) is 51.0 Å². The Morgan fingerprint density at radius 3 is 2.37 bits per heavy atom. The van der Waals surface area contributed by atoms with Crippen LogP contribution in [0.25, 0.3) is 0 Å². The zero-order valence-corrected chi connectivity index (χ0v) is 12.8. The lowest BCUT2D eigenvalue weighted by Crippen LogP contribution is -2.26. The molecule has 0 bridgehead atoms. The minimum Gasteiger partial charge on any atom is -0.338 e. The second kappa shape index (κ2) is 4.83. The van der Waals surface area contributed by atoms with E-state index < -0.39 is 0 Å². The van der Waals surface area contributed by atoms with Crippen molar-refractivity contribution in [3.63, 3.8) is 0 Å². The van der Waals surface area contributed by atoms with Crippen molar-refractivity contribution in [1.82, 2.24) is 19.1 Å². The first-order chi connectivity index (χ1) is 8.83. The highest BCUT2D eigenvalue weighted by Gasteiger charge is 2.27. The average molecular weight is 260 g/mol. The summed E-state index contributed by atoms with van der Waals surface area (Å²) in [6, 6.07) is 0. The van der Waals surface area contributed by atoms with Gasteiger partial charge in [-0.05, 0) is 5.92 Å². The van der Waals surface area contributed by atoms with Gasteiger partial charge in [0.1, 0.15) is 11.6 Å². The van der Waals surface area contributed by atoms with Crippen molar-refractivity contribution < 1.29 is 0 Å². The van der Waals surface area contributed by atoms with Gasteiger partial charge in [-0.3, -0.25) is 0 Å². The van der Waals surface area contributed by atoms with Crippen LogP contribution in [-0.4, -0.2) is 19.1 Å². The van der Waals surface area contributed by atoms with Crippen molar-refractivity contribution in [2.75, 3.05) is 0 Å². The molecule has 0 fully saturated rings. The molecule has 104 valence electrons. The highest BCUT2D eigenvalue weighted by atomic mass is 15.1. The smallest absolute Gasteiger partial charge is 0.114 e. The van der Waals surface area contributed by atoms with Crippen LogP contribution in [0, 0.1) is 0 Å². The molecule has 0 amide bonds. The Hall–Kier alpha value is -1.58. The highest BCUT2D eigenvalue weighted by Crippen LogP contribution is 2.26. The molecule has 4 heteroatoms. The second-order valence-electron chi connectivity index (χ2n) is 6.24. The summed E-state index contributed by atoms with van der Waals surface area (Å²) in [7, 11) is 4.15. The Kier molecular flexibility index (Phi) is 3.52. The molecule has 0 unspecified atom stereocenters. The monoisotopic (exact) mass is 260 g/mol. The molecular weight excluding hydrogens is 236 g/mol. The van der Waals surface area contributed by atoms with Crippen LogP contribution in [0.4, 0.5) is 0 Å². The van der Waals surface area contributed by atoms with E-state index in [1.54, 1.807) is 0 Å². The summed E-state index contributed by atoms with van der Waals surface area (Å²) in [5.74, 6) is 2.72. The van der Waals surface area contributed by atoms with Crippen molar-refractivity contribution in [2.45, 2.75) is 45.4 Å². The average Bonchev–Trinajstić information content (AvgIpc) is 2.86. The maximum Gasteiger partial charge on any atom is 0.114 e. The number of hydrogen-bond acceptors (Lipinski definition) is 2. The zero-order valence-electron chi connectivity index (χ0n) is 12.8. The number of rotatable bonds is 4. The number of aromatic nitrogens is 4. The van der Waals surface area contributed by atoms with Gasteiger partial charge in [0.2, 0.25) is 0 Å². The van der Waals surface area contributed by atoms with Crippen molar-refractivity contribution >= 4 is 0 Å². The lowest BCUT2D eigenvalue weighted by molar-refractivity contribution is 0.451. The fourth-order valence-corrected chi connectivity index (χ4v) is 2.66. The molecule has 0 N–H and O–H groups in total. The van der Waals surface area contributed by atoms with Gasteiger partial charge in [0, 0.05) is 50.2 Å². The Bertz CT molecular complexity index is 560. The third kappa shape index (κ3) is 2.57. The molecule has 19 heavy (non-hydrogen) atoms. The van der Waals surface area contributed by atoms with Crippen LogP contribution in [0.15, 0.2) is 18.6 Å². The molecule has 0 atom stereocenters. The fraction of sp³-hybridized carbons (Fsp3) is 0.600. The van der Waals surface area contributed by atoms with E-state index in [-0.39, 0.29) is 5.41 Å². The van der Waals surface area contributed by atoms with E-state index in [9.17, 15) is 0 Å². The lowest BCUT2D eigenvalue weighted by Gasteiger charge is -2.24.